The van der Waals surface area contributed by atoms with Gasteiger partial charge in [0.15, 0.2) is 5.78 Å². The van der Waals surface area contributed by atoms with Gasteiger partial charge in [-0.3, -0.25) is 4.79 Å². The summed E-state index contributed by atoms with van der Waals surface area (Å²) in [6, 6.07) is 32.3. The Morgan fingerprint density at radius 2 is 0.880 bits per heavy atom. The minimum absolute atomic E-state index is 0.176. The number of rotatable bonds is 5. The summed E-state index contributed by atoms with van der Waals surface area (Å²) in [7, 11) is -0.446. The molecule has 0 atom stereocenters. The largest absolute Gasteiger partial charge is 0.298 e. The third-order valence-electron chi connectivity index (χ3n) is 3.34. The fourth-order valence-corrected chi connectivity index (χ4v) is 5.45. The summed E-state index contributed by atoms with van der Waals surface area (Å²) in [5.41, 5.74) is 0. The molecule has 0 amide bonds. The molecule has 0 saturated carbocycles. The molecule has 3 rings (SSSR count). The van der Waals surface area contributed by atoms with Gasteiger partial charge in [0.2, 0.25) is 0 Å². The van der Waals surface area contributed by atoms with Gasteiger partial charge in [-0.05, 0) is 23.8 Å². The van der Waals surface area contributed by atoms with Crippen LogP contribution in [0.15, 0.2) is 91.0 Å². The molecule has 128 valence electrons. The molecule has 1 nitrogen and oxygen atoms in total. The summed E-state index contributed by atoms with van der Waals surface area (Å²) in [5.74, 6) is 0.176. The lowest BCUT2D eigenvalue weighted by Gasteiger charge is -2.18. The second kappa shape index (κ2) is 11.4. The molecule has 0 aliphatic heterocycles. The van der Waals surface area contributed by atoms with Gasteiger partial charge in [-0.1, -0.05) is 123 Å². The van der Waals surface area contributed by atoms with E-state index in [0.717, 1.165) is 0 Å². The second-order valence-electron chi connectivity index (χ2n) is 5.15. The Morgan fingerprint density at radius 1 is 0.600 bits per heavy atom. The Bertz CT molecular complexity index is 649. The van der Waals surface area contributed by atoms with E-state index < -0.39 is 7.92 Å². The van der Waals surface area contributed by atoms with Crippen LogP contribution in [0.4, 0.5) is 0 Å². The van der Waals surface area contributed by atoms with Gasteiger partial charge in [0.1, 0.15) is 0 Å². The minimum Gasteiger partial charge on any atom is -0.298 e. The van der Waals surface area contributed by atoms with Gasteiger partial charge in [0.05, 0.1) is 10.7 Å². The van der Waals surface area contributed by atoms with Crippen molar-refractivity contribution in [1.29, 1.82) is 0 Å². The van der Waals surface area contributed by atoms with Crippen molar-refractivity contribution in [2.45, 2.75) is 0 Å². The number of carbonyl (C=O) groups excluding carboxylic acids is 1. The number of benzene rings is 3. The van der Waals surface area contributed by atoms with E-state index in [1.807, 2.05) is 0 Å². The van der Waals surface area contributed by atoms with Crippen LogP contribution in [0.3, 0.4) is 0 Å². The van der Waals surface area contributed by atoms with E-state index in [1.54, 1.807) is 0 Å². The number of Topliss-reactive ketones (excluding diaryl/α,β-unsaturated/α-hetero) is 1. The first-order valence-corrected chi connectivity index (χ1v) is 11.4. The van der Waals surface area contributed by atoms with Crippen LogP contribution in [-0.4, -0.2) is 16.4 Å². The lowest BCUT2D eigenvalue weighted by Crippen LogP contribution is -2.20. The zero-order valence-corrected chi connectivity index (χ0v) is 17.8. The molecule has 0 spiro atoms. The van der Waals surface area contributed by atoms with Crippen LogP contribution >= 0.6 is 39.8 Å². The molecule has 4 heteroatoms. The molecular weight excluding hydrogens is 459 g/mol. The Hall–Kier alpha value is -1.28. The fraction of sp³-hybridized carbons (Fsp3) is 0.0952. The van der Waals surface area contributed by atoms with Gasteiger partial charge in [0, 0.05) is 0 Å². The van der Waals surface area contributed by atoms with Gasteiger partial charge >= 0.3 is 0 Å². The molecule has 3 aromatic rings. The molecule has 0 aromatic heterocycles. The number of halogens is 2. The molecule has 0 aliphatic rings. The maximum absolute atomic E-state index is 10.1. The highest BCUT2D eigenvalue weighted by Gasteiger charge is 2.14. The number of alkyl halides is 2. The van der Waals surface area contributed by atoms with E-state index >= 15 is 0 Å². The van der Waals surface area contributed by atoms with Crippen LogP contribution < -0.4 is 15.9 Å². The summed E-state index contributed by atoms with van der Waals surface area (Å²) in [4.78, 5) is 10.1. The van der Waals surface area contributed by atoms with Gasteiger partial charge < -0.3 is 0 Å². The maximum atomic E-state index is 10.1. The Morgan fingerprint density at radius 3 is 1.08 bits per heavy atom. The van der Waals surface area contributed by atoms with E-state index in [9.17, 15) is 4.79 Å². The van der Waals surface area contributed by atoms with Gasteiger partial charge in [-0.2, -0.15) is 0 Å². The predicted octanol–water partition coefficient (Wildman–Crippen LogP) is 4.79. The van der Waals surface area contributed by atoms with Crippen LogP contribution in [0.1, 0.15) is 0 Å². The Kier molecular flexibility index (Phi) is 9.10. The number of carbonyl (C=O) groups is 1. The average Bonchev–Trinajstić information content (AvgIpc) is 2.70. The normalized spacial score (nSPS) is 10.0. The molecule has 3 aromatic carbocycles. The van der Waals surface area contributed by atoms with Crippen LogP contribution in [0.25, 0.3) is 0 Å². The standard InChI is InChI=1S/C18H15P.C3H4Br2O/c1-4-10-16(11-5-1)19(17-12-6-2-7-13-17)18-14-8-3-9-15-18;4-1-3(6)2-5/h1-15H;1-2H2. The smallest absolute Gasteiger partial charge is 0.153 e. The summed E-state index contributed by atoms with van der Waals surface area (Å²) in [6.45, 7) is 0. The topological polar surface area (TPSA) is 17.1 Å². The summed E-state index contributed by atoms with van der Waals surface area (Å²) < 4.78 is 0. The SMILES string of the molecule is O=C(CBr)CBr.c1ccc(P(c2ccccc2)c2ccccc2)cc1. The quantitative estimate of drug-likeness (QED) is 0.381. The molecule has 0 saturated heterocycles. The molecule has 0 radical (unpaired) electrons. The Labute approximate surface area is 167 Å². The first-order valence-electron chi connectivity index (χ1n) is 7.85. The monoisotopic (exact) mass is 476 g/mol. The van der Waals surface area contributed by atoms with Crippen LogP contribution in [-0.2, 0) is 4.79 Å². The molecule has 0 bridgehead atoms. The highest BCUT2D eigenvalue weighted by Crippen LogP contribution is 2.32. The third-order valence-corrected chi connectivity index (χ3v) is 7.04. The molecule has 25 heavy (non-hydrogen) atoms. The lowest BCUT2D eigenvalue weighted by atomic mass is 10.4. The van der Waals surface area contributed by atoms with E-state index in [4.69, 9.17) is 0 Å². The second-order valence-corrected chi connectivity index (χ2v) is 8.49. The molecule has 0 heterocycles. The number of hydrogen-bond donors (Lipinski definition) is 0. The molecule has 0 unspecified atom stereocenters. The lowest BCUT2D eigenvalue weighted by molar-refractivity contribution is -0.114. The summed E-state index contributed by atoms with van der Waals surface area (Å²) in [6.07, 6.45) is 0. The molecule has 0 N–H and O–H groups in total. The summed E-state index contributed by atoms with van der Waals surface area (Å²) >= 11 is 5.99. The van der Waals surface area contributed by atoms with Crippen molar-refractivity contribution in [3.63, 3.8) is 0 Å². The zero-order valence-electron chi connectivity index (χ0n) is 13.7. The average molecular weight is 478 g/mol. The van der Waals surface area contributed by atoms with Crippen LogP contribution in [0.2, 0.25) is 0 Å². The van der Waals surface area contributed by atoms with Crippen molar-refractivity contribution < 1.29 is 4.79 Å². The first-order chi connectivity index (χ1) is 12.3. The first kappa shape index (κ1) is 20.0. The number of ketones is 1. The highest BCUT2D eigenvalue weighted by molar-refractivity contribution is 9.10. The fourth-order valence-electron chi connectivity index (χ4n) is 2.21. The van der Waals surface area contributed by atoms with Crippen molar-refractivity contribution >= 4 is 61.5 Å². The minimum atomic E-state index is -0.446. The van der Waals surface area contributed by atoms with Gasteiger partial charge in [-0.25, -0.2) is 0 Å². The van der Waals surface area contributed by atoms with E-state index in [-0.39, 0.29) is 5.78 Å². The van der Waals surface area contributed by atoms with E-state index in [2.05, 4.69) is 123 Å². The number of hydrogen-bond acceptors (Lipinski definition) is 1. The van der Waals surface area contributed by atoms with Crippen molar-refractivity contribution in [3.05, 3.63) is 91.0 Å². The predicted molar refractivity (Wildman–Crippen MR) is 118 cm³/mol. The van der Waals surface area contributed by atoms with Crippen molar-refractivity contribution in [1.82, 2.24) is 0 Å². The van der Waals surface area contributed by atoms with Crippen molar-refractivity contribution in [2.24, 2.45) is 0 Å². The molecule has 0 aliphatic carbocycles. The van der Waals surface area contributed by atoms with Crippen molar-refractivity contribution in [2.75, 3.05) is 10.7 Å². The van der Waals surface area contributed by atoms with Gasteiger partial charge in [-0.15, -0.1) is 0 Å². The van der Waals surface area contributed by atoms with Crippen LogP contribution in [0, 0.1) is 0 Å². The maximum Gasteiger partial charge on any atom is 0.153 e. The third kappa shape index (κ3) is 6.51. The van der Waals surface area contributed by atoms with Crippen LogP contribution in [0.5, 0.6) is 0 Å². The zero-order chi connectivity index (χ0) is 17.9. The van der Waals surface area contributed by atoms with Gasteiger partial charge in [0.25, 0.3) is 0 Å². The van der Waals surface area contributed by atoms with Crippen molar-refractivity contribution in [3.8, 4) is 0 Å². The molecular formula is C21H19Br2OP. The van der Waals surface area contributed by atoms with E-state index in [0.29, 0.717) is 10.7 Å². The Balaban J connectivity index is 0.000000326. The van der Waals surface area contributed by atoms with E-state index in [1.165, 1.54) is 15.9 Å². The summed E-state index contributed by atoms with van der Waals surface area (Å²) in [5, 5.41) is 5.11. The molecule has 0 fully saturated rings. The highest BCUT2D eigenvalue weighted by atomic mass is 79.9.